The van der Waals surface area contributed by atoms with Crippen LogP contribution >= 0.6 is 11.6 Å². The summed E-state index contributed by atoms with van der Waals surface area (Å²) in [4.78, 5) is 11.7. The highest BCUT2D eigenvalue weighted by Crippen LogP contribution is 2.23. The van der Waals surface area contributed by atoms with Gasteiger partial charge in [-0.1, -0.05) is 6.92 Å². The molecule has 2 heterocycles. The molecule has 0 aliphatic rings. The molecule has 2 rings (SSSR count). The third kappa shape index (κ3) is 3.55. The minimum atomic E-state index is -0.117. The Morgan fingerprint density at radius 2 is 2.00 bits per heavy atom. The predicted molar refractivity (Wildman–Crippen MR) is 88.9 cm³/mol. The Kier molecular flexibility index (Phi) is 5.22. The Morgan fingerprint density at radius 3 is 2.62 bits per heavy atom. The first-order valence-corrected chi connectivity index (χ1v) is 8.05. The van der Waals surface area contributed by atoms with Crippen molar-refractivity contribution in [1.82, 2.24) is 19.4 Å². The molecular formula is C16H25ClN4. The lowest BCUT2D eigenvalue weighted by Gasteiger charge is -2.24. The molecule has 5 heteroatoms. The molecule has 0 aliphatic heterocycles. The number of pyridine rings is 1. The van der Waals surface area contributed by atoms with Gasteiger partial charge in [0.15, 0.2) is 5.65 Å². The van der Waals surface area contributed by atoms with Crippen molar-refractivity contribution in [2.75, 3.05) is 13.6 Å². The highest BCUT2D eigenvalue weighted by Gasteiger charge is 2.17. The van der Waals surface area contributed by atoms with E-state index in [9.17, 15) is 0 Å². The van der Waals surface area contributed by atoms with E-state index in [1.54, 1.807) is 0 Å². The van der Waals surface area contributed by atoms with Crippen LogP contribution in [0.2, 0.25) is 0 Å². The number of aryl methyl sites for hydroxylation is 1. The van der Waals surface area contributed by atoms with E-state index in [1.165, 1.54) is 0 Å². The van der Waals surface area contributed by atoms with Crippen LogP contribution in [0.4, 0.5) is 0 Å². The van der Waals surface area contributed by atoms with E-state index in [0.29, 0.717) is 6.04 Å². The molecule has 0 aliphatic carbocycles. The van der Waals surface area contributed by atoms with Crippen LogP contribution in [0.15, 0.2) is 12.1 Å². The molecule has 0 fully saturated rings. The summed E-state index contributed by atoms with van der Waals surface area (Å²) in [6.07, 6.45) is 1.15. The topological polar surface area (TPSA) is 34.0 Å². The fourth-order valence-corrected chi connectivity index (χ4v) is 2.59. The van der Waals surface area contributed by atoms with E-state index in [1.807, 2.05) is 26.0 Å². The van der Waals surface area contributed by atoms with Gasteiger partial charge in [0.25, 0.3) is 0 Å². The predicted octanol–water partition coefficient (Wildman–Crippen LogP) is 3.77. The molecule has 0 amide bonds. The fraction of sp³-hybridized carbons (Fsp3) is 0.625. The van der Waals surface area contributed by atoms with Gasteiger partial charge in [0.05, 0.1) is 5.38 Å². The van der Waals surface area contributed by atoms with E-state index in [-0.39, 0.29) is 5.38 Å². The summed E-state index contributed by atoms with van der Waals surface area (Å²) in [6.45, 7) is 10.3. The molecule has 2 unspecified atom stereocenters. The third-order valence-corrected chi connectivity index (χ3v) is 4.33. The molecule has 21 heavy (non-hydrogen) atoms. The van der Waals surface area contributed by atoms with Crippen LogP contribution in [-0.2, 0) is 6.54 Å². The van der Waals surface area contributed by atoms with Crippen LogP contribution in [0, 0.1) is 6.92 Å². The van der Waals surface area contributed by atoms with E-state index in [4.69, 9.17) is 11.6 Å². The van der Waals surface area contributed by atoms with Gasteiger partial charge in [-0.05, 0) is 46.4 Å². The van der Waals surface area contributed by atoms with E-state index in [2.05, 4.69) is 40.3 Å². The number of rotatable bonds is 6. The van der Waals surface area contributed by atoms with Crippen LogP contribution in [-0.4, -0.2) is 39.1 Å². The molecule has 0 radical (unpaired) electrons. The second kappa shape index (κ2) is 6.75. The molecule has 0 bridgehead atoms. The minimum Gasteiger partial charge on any atom is -0.310 e. The fourth-order valence-electron chi connectivity index (χ4n) is 2.43. The summed E-state index contributed by atoms with van der Waals surface area (Å²) in [5.41, 5.74) is 2.87. The zero-order chi connectivity index (χ0) is 15.6. The standard InChI is InChI=1S/C16H25ClN4/c1-6-12(3)20(5)9-10-21-15(13(4)17)19-14-8-7-11(2)18-16(14)21/h7-8,12-13H,6,9-10H2,1-5H3. The second-order valence-corrected chi connectivity index (χ2v) is 6.43. The molecule has 0 N–H and O–H groups in total. The summed E-state index contributed by atoms with van der Waals surface area (Å²) in [6, 6.07) is 4.59. The number of hydrogen-bond acceptors (Lipinski definition) is 3. The van der Waals surface area contributed by atoms with Crippen molar-refractivity contribution in [3.8, 4) is 0 Å². The number of likely N-dealkylation sites (N-methyl/N-ethyl adjacent to an activating group) is 1. The Bertz CT molecular complexity index is 606. The Balaban J connectivity index is 2.32. The molecule has 2 atom stereocenters. The molecular weight excluding hydrogens is 284 g/mol. The quantitative estimate of drug-likeness (QED) is 0.762. The molecule has 0 spiro atoms. The maximum atomic E-state index is 6.30. The lowest BCUT2D eigenvalue weighted by molar-refractivity contribution is 0.242. The monoisotopic (exact) mass is 308 g/mol. The maximum Gasteiger partial charge on any atom is 0.160 e. The van der Waals surface area contributed by atoms with Gasteiger partial charge in [0, 0.05) is 24.8 Å². The van der Waals surface area contributed by atoms with Gasteiger partial charge in [-0.3, -0.25) is 0 Å². The lowest BCUT2D eigenvalue weighted by Crippen LogP contribution is -2.31. The van der Waals surface area contributed by atoms with E-state index < -0.39 is 0 Å². The SMILES string of the molecule is CCC(C)N(C)CCn1c(C(C)Cl)nc2ccc(C)nc21. The molecule has 2 aromatic heterocycles. The van der Waals surface area contributed by atoms with Crippen molar-refractivity contribution in [2.24, 2.45) is 0 Å². The van der Waals surface area contributed by atoms with Crippen molar-refractivity contribution in [2.45, 2.75) is 52.1 Å². The number of fused-ring (bicyclic) bond motifs is 1. The van der Waals surface area contributed by atoms with Crippen molar-refractivity contribution in [3.63, 3.8) is 0 Å². The zero-order valence-corrected chi connectivity index (χ0v) is 14.4. The summed E-state index contributed by atoms with van der Waals surface area (Å²) in [5, 5.41) is -0.117. The average Bonchev–Trinajstić information content (AvgIpc) is 2.81. The molecule has 0 saturated heterocycles. The largest absolute Gasteiger partial charge is 0.310 e. The van der Waals surface area contributed by atoms with Crippen LogP contribution in [0.5, 0.6) is 0 Å². The van der Waals surface area contributed by atoms with Gasteiger partial charge in [-0.2, -0.15) is 0 Å². The van der Waals surface area contributed by atoms with Crippen molar-refractivity contribution >= 4 is 22.8 Å². The van der Waals surface area contributed by atoms with Gasteiger partial charge < -0.3 is 9.47 Å². The molecule has 0 saturated carbocycles. The zero-order valence-electron chi connectivity index (χ0n) is 13.6. The summed E-state index contributed by atoms with van der Waals surface area (Å²) in [5.74, 6) is 0.905. The molecule has 2 aromatic rings. The Morgan fingerprint density at radius 1 is 1.29 bits per heavy atom. The van der Waals surface area contributed by atoms with Crippen LogP contribution in [0.25, 0.3) is 11.2 Å². The number of alkyl halides is 1. The number of imidazole rings is 1. The number of aromatic nitrogens is 3. The normalized spacial score (nSPS) is 14.8. The number of hydrogen-bond donors (Lipinski definition) is 0. The summed E-state index contributed by atoms with van der Waals surface area (Å²) in [7, 11) is 2.16. The molecule has 0 aromatic carbocycles. The molecule has 116 valence electrons. The first kappa shape index (κ1) is 16.2. The molecule has 4 nitrogen and oxygen atoms in total. The maximum absolute atomic E-state index is 6.30. The van der Waals surface area contributed by atoms with Crippen molar-refractivity contribution in [1.29, 1.82) is 0 Å². The number of halogens is 1. The number of nitrogens with zero attached hydrogens (tertiary/aromatic N) is 4. The van der Waals surface area contributed by atoms with Crippen molar-refractivity contribution in [3.05, 3.63) is 23.7 Å². The van der Waals surface area contributed by atoms with Crippen LogP contribution in [0.3, 0.4) is 0 Å². The van der Waals surface area contributed by atoms with Gasteiger partial charge >= 0.3 is 0 Å². The lowest BCUT2D eigenvalue weighted by atomic mass is 10.2. The van der Waals surface area contributed by atoms with Crippen LogP contribution < -0.4 is 0 Å². The average molecular weight is 309 g/mol. The Hall–Kier alpha value is -1.13. The van der Waals surface area contributed by atoms with Gasteiger partial charge in [-0.25, -0.2) is 9.97 Å². The minimum absolute atomic E-state index is 0.117. The highest BCUT2D eigenvalue weighted by atomic mass is 35.5. The van der Waals surface area contributed by atoms with Crippen LogP contribution in [0.1, 0.15) is 44.1 Å². The van der Waals surface area contributed by atoms with E-state index in [0.717, 1.165) is 42.2 Å². The smallest absolute Gasteiger partial charge is 0.160 e. The van der Waals surface area contributed by atoms with Gasteiger partial charge in [-0.15, -0.1) is 11.6 Å². The first-order chi connectivity index (χ1) is 9.93. The van der Waals surface area contributed by atoms with Crippen molar-refractivity contribution < 1.29 is 0 Å². The van der Waals surface area contributed by atoms with Gasteiger partial charge in [0.2, 0.25) is 0 Å². The summed E-state index contributed by atoms with van der Waals surface area (Å²) < 4.78 is 2.17. The first-order valence-electron chi connectivity index (χ1n) is 7.62. The second-order valence-electron chi connectivity index (χ2n) is 5.77. The van der Waals surface area contributed by atoms with Gasteiger partial charge in [0.1, 0.15) is 11.3 Å². The summed E-state index contributed by atoms with van der Waals surface area (Å²) >= 11 is 6.30. The Labute approximate surface area is 132 Å². The third-order valence-electron chi connectivity index (χ3n) is 4.14. The highest BCUT2D eigenvalue weighted by molar-refractivity contribution is 6.20. The van der Waals surface area contributed by atoms with E-state index >= 15 is 0 Å².